The first-order chi connectivity index (χ1) is 4.52. The van der Waals surface area contributed by atoms with Crippen molar-refractivity contribution in [2.75, 3.05) is 0 Å². The van der Waals surface area contributed by atoms with Gasteiger partial charge in [0.2, 0.25) is 0 Å². The molecule has 0 radical (unpaired) electrons. The number of hydrogen-bond acceptors (Lipinski definition) is 4. The van der Waals surface area contributed by atoms with Crippen LogP contribution in [-0.2, 0) is 54.3 Å². The van der Waals surface area contributed by atoms with E-state index in [1.54, 1.807) is 0 Å². The molecule has 0 saturated carbocycles. The van der Waals surface area contributed by atoms with Crippen LogP contribution in [0.4, 0.5) is 0 Å². The Labute approximate surface area is 101 Å². The van der Waals surface area contributed by atoms with Gasteiger partial charge in [-0.3, -0.25) is 0 Å². The molecule has 0 aromatic carbocycles. The van der Waals surface area contributed by atoms with E-state index >= 15 is 0 Å². The SMILES string of the molecule is C=C(CC(=O)[O-])CC(=O)[O-].[Ag+].[Ag+]. The van der Waals surface area contributed by atoms with Gasteiger partial charge in [-0.1, -0.05) is 12.2 Å². The summed E-state index contributed by atoms with van der Waals surface area (Å²) in [6, 6.07) is 0. The van der Waals surface area contributed by atoms with Crippen LogP contribution in [0.5, 0.6) is 0 Å². The van der Waals surface area contributed by atoms with Gasteiger partial charge < -0.3 is 19.8 Å². The maximum atomic E-state index is 9.81. The van der Waals surface area contributed by atoms with E-state index in [-0.39, 0.29) is 50.3 Å². The van der Waals surface area contributed by atoms with E-state index in [9.17, 15) is 19.8 Å². The molecule has 0 aliphatic carbocycles. The fourth-order valence-electron chi connectivity index (χ4n) is 0.471. The molecule has 0 aromatic heterocycles. The maximum absolute atomic E-state index is 9.81. The van der Waals surface area contributed by atoms with Crippen molar-refractivity contribution in [2.45, 2.75) is 12.8 Å². The number of rotatable bonds is 4. The molecule has 0 atom stereocenters. The molecular weight excluding hydrogens is 352 g/mol. The first-order valence-electron chi connectivity index (χ1n) is 2.58. The molecular formula is C6H6Ag2O4. The third kappa shape index (κ3) is 12.8. The fourth-order valence-corrected chi connectivity index (χ4v) is 0.471. The molecule has 0 aliphatic rings. The number of carboxylic acids is 2. The Balaban J connectivity index is -0.000000405. The van der Waals surface area contributed by atoms with Crippen LogP contribution in [-0.4, -0.2) is 11.9 Å². The molecule has 0 amide bonds. The van der Waals surface area contributed by atoms with Crippen LogP contribution in [0.25, 0.3) is 0 Å². The van der Waals surface area contributed by atoms with Crippen molar-refractivity contribution >= 4 is 11.9 Å². The normalized spacial score (nSPS) is 7.33. The van der Waals surface area contributed by atoms with Gasteiger partial charge in [0.15, 0.2) is 0 Å². The number of hydrogen-bond donors (Lipinski definition) is 0. The van der Waals surface area contributed by atoms with Gasteiger partial charge in [-0.2, -0.15) is 0 Å². The molecule has 6 heteroatoms. The summed E-state index contributed by atoms with van der Waals surface area (Å²) in [5.41, 5.74) is 0.0833. The molecule has 0 aromatic rings. The van der Waals surface area contributed by atoms with E-state index in [0.29, 0.717) is 0 Å². The molecule has 0 saturated heterocycles. The van der Waals surface area contributed by atoms with Crippen molar-refractivity contribution in [1.29, 1.82) is 0 Å². The van der Waals surface area contributed by atoms with E-state index in [1.807, 2.05) is 0 Å². The van der Waals surface area contributed by atoms with Crippen molar-refractivity contribution < 1.29 is 64.6 Å². The third-order valence-electron chi connectivity index (χ3n) is 0.789. The first kappa shape index (κ1) is 18.1. The van der Waals surface area contributed by atoms with Gasteiger partial charge >= 0.3 is 44.8 Å². The molecule has 12 heavy (non-hydrogen) atoms. The minimum atomic E-state index is -1.33. The fraction of sp³-hybridized carbons (Fsp3) is 0.333. The quantitative estimate of drug-likeness (QED) is 0.423. The first-order valence-corrected chi connectivity index (χ1v) is 2.58. The average molecular weight is 358 g/mol. The van der Waals surface area contributed by atoms with Crippen molar-refractivity contribution in [3.8, 4) is 0 Å². The Bertz CT molecular complexity index is 160. The zero-order valence-corrected chi connectivity index (χ0v) is 8.82. The Hall–Kier alpha value is 0.161. The standard InChI is InChI=1S/C6H8O4.2Ag/c1-4(2-5(7)8)3-6(9)10;;/h1-3H2,(H,7,8)(H,9,10);;/q;2*+1/p-2. The minimum Gasteiger partial charge on any atom is -0.550 e. The second-order valence-corrected chi connectivity index (χ2v) is 1.85. The number of carbonyl (C=O) groups is 2. The summed E-state index contributed by atoms with van der Waals surface area (Å²) in [5.74, 6) is -2.66. The van der Waals surface area contributed by atoms with Gasteiger partial charge in [0.1, 0.15) is 0 Å². The summed E-state index contributed by atoms with van der Waals surface area (Å²) in [5, 5.41) is 19.6. The Morgan fingerprint density at radius 1 is 1.00 bits per heavy atom. The van der Waals surface area contributed by atoms with Gasteiger partial charge in [0.25, 0.3) is 0 Å². The van der Waals surface area contributed by atoms with E-state index in [0.717, 1.165) is 0 Å². The topological polar surface area (TPSA) is 80.3 Å². The molecule has 0 unspecified atom stereocenters. The Morgan fingerprint density at radius 3 is 1.42 bits per heavy atom. The van der Waals surface area contributed by atoms with Gasteiger partial charge in [-0.25, -0.2) is 0 Å². The molecule has 0 aliphatic heterocycles. The zero-order valence-electron chi connectivity index (χ0n) is 5.86. The van der Waals surface area contributed by atoms with Crippen LogP contribution >= 0.6 is 0 Å². The molecule has 0 heterocycles. The Kier molecular flexibility index (Phi) is 13.9. The smallest absolute Gasteiger partial charge is 0.550 e. The van der Waals surface area contributed by atoms with Crippen LogP contribution in [0, 0.1) is 0 Å². The van der Waals surface area contributed by atoms with Gasteiger partial charge in [0, 0.05) is 24.8 Å². The van der Waals surface area contributed by atoms with Crippen LogP contribution in [0.3, 0.4) is 0 Å². The largest absolute Gasteiger partial charge is 1.00 e. The van der Waals surface area contributed by atoms with Crippen LogP contribution in [0.15, 0.2) is 12.2 Å². The molecule has 0 fully saturated rings. The summed E-state index contributed by atoms with van der Waals surface area (Å²) < 4.78 is 0. The van der Waals surface area contributed by atoms with E-state index in [4.69, 9.17) is 0 Å². The summed E-state index contributed by atoms with van der Waals surface area (Å²) in [4.78, 5) is 19.6. The van der Waals surface area contributed by atoms with E-state index in [2.05, 4.69) is 6.58 Å². The van der Waals surface area contributed by atoms with Crippen molar-refractivity contribution in [3.05, 3.63) is 12.2 Å². The molecule has 0 rings (SSSR count). The number of carbonyl (C=O) groups excluding carboxylic acids is 2. The van der Waals surface area contributed by atoms with Gasteiger partial charge in [0.05, 0.1) is 0 Å². The van der Waals surface area contributed by atoms with Gasteiger partial charge in [-0.15, -0.1) is 0 Å². The molecule has 0 spiro atoms. The van der Waals surface area contributed by atoms with Gasteiger partial charge in [-0.05, 0) is 0 Å². The Morgan fingerprint density at radius 2 is 1.25 bits per heavy atom. The zero-order chi connectivity index (χ0) is 8.15. The molecule has 4 nitrogen and oxygen atoms in total. The summed E-state index contributed by atoms with van der Waals surface area (Å²) >= 11 is 0. The van der Waals surface area contributed by atoms with Crippen molar-refractivity contribution in [2.24, 2.45) is 0 Å². The summed E-state index contributed by atoms with van der Waals surface area (Å²) in [6.45, 7) is 3.19. The summed E-state index contributed by atoms with van der Waals surface area (Å²) in [6.07, 6.45) is -0.845. The van der Waals surface area contributed by atoms with Crippen LogP contribution < -0.4 is 10.2 Å². The predicted octanol–water partition coefficient (Wildman–Crippen LogP) is -2.18. The van der Waals surface area contributed by atoms with Crippen LogP contribution in [0.1, 0.15) is 12.8 Å². The molecule has 0 bridgehead atoms. The van der Waals surface area contributed by atoms with Crippen molar-refractivity contribution in [3.63, 3.8) is 0 Å². The maximum Gasteiger partial charge on any atom is 1.00 e. The molecule has 0 N–H and O–H groups in total. The third-order valence-corrected chi connectivity index (χ3v) is 0.789. The van der Waals surface area contributed by atoms with E-state index < -0.39 is 24.8 Å². The van der Waals surface area contributed by atoms with Crippen LogP contribution in [0.2, 0.25) is 0 Å². The van der Waals surface area contributed by atoms with Crippen molar-refractivity contribution in [1.82, 2.24) is 0 Å². The monoisotopic (exact) mass is 356 g/mol. The average Bonchev–Trinajstić information content (AvgIpc) is 1.58. The number of aliphatic carboxylic acids is 2. The predicted molar refractivity (Wildman–Crippen MR) is 28.4 cm³/mol. The second-order valence-electron chi connectivity index (χ2n) is 1.85. The van der Waals surface area contributed by atoms with E-state index in [1.165, 1.54) is 0 Å². The second kappa shape index (κ2) is 9.25. The molecule has 76 valence electrons. The summed E-state index contributed by atoms with van der Waals surface area (Å²) in [7, 11) is 0. The number of carboxylic acid groups (broad SMARTS) is 2. The minimum absolute atomic E-state index is 0.